The van der Waals surface area contributed by atoms with Gasteiger partial charge in [-0.1, -0.05) is 30.3 Å². The molecule has 13 nitrogen and oxygen atoms in total. The largest absolute Gasteiger partial charge is 0.446 e. The molecule has 1 aromatic carbocycles. The molecule has 41 heavy (non-hydrogen) atoms. The van der Waals surface area contributed by atoms with Crippen LogP contribution in [0.5, 0.6) is 0 Å². The number of aliphatic hydroxyl groups is 1. The van der Waals surface area contributed by atoms with Gasteiger partial charge in [0, 0.05) is 39.9 Å². The van der Waals surface area contributed by atoms with E-state index < -0.39 is 47.9 Å². The number of carbonyl (C=O) groups is 5. The Morgan fingerprint density at radius 1 is 1.10 bits per heavy atom. The highest BCUT2D eigenvalue weighted by atomic mass is 16.3. The highest BCUT2D eigenvalue weighted by molar-refractivity contribution is 5.96. The van der Waals surface area contributed by atoms with Gasteiger partial charge in [0.1, 0.15) is 24.4 Å². The first-order valence-electron chi connectivity index (χ1n) is 13.6. The fraction of sp³-hybridized carbons (Fsp3) is 0.500. The molecule has 0 fully saturated rings. The Bertz CT molecular complexity index is 1210. The van der Waals surface area contributed by atoms with Crippen LogP contribution in [0.3, 0.4) is 0 Å². The van der Waals surface area contributed by atoms with E-state index in [2.05, 4.69) is 26.3 Å². The summed E-state index contributed by atoms with van der Waals surface area (Å²) >= 11 is 0. The predicted octanol–water partition coefficient (Wildman–Crippen LogP) is 0.207. The van der Waals surface area contributed by atoms with Gasteiger partial charge < -0.3 is 35.7 Å². The topological polar surface area (TPSA) is 183 Å². The molecule has 2 heterocycles. The van der Waals surface area contributed by atoms with Gasteiger partial charge in [-0.25, -0.2) is 4.98 Å². The second-order valence-corrected chi connectivity index (χ2v) is 10.2. The molecule has 0 aliphatic carbocycles. The van der Waals surface area contributed by atoms with Crippen LogP contribution in [0.25, 0.3) is 0 Å². The highest BCUT2D eigenvalue weighted by Gasteiger charge is 2.30. The van der Waals surface area contributed by atoms with E-state index in [4.69, 9.17) is 4.42 Å². The summed E-state index contributed by atoms with van der Waals surface area (Å²) < 4.78 is 5.59. The molecular formula is C28H38N6O7. The van der Waals surface area contributed by atoms with Crippen molar-refractivity contribution in [1.82, 2.24) is 31.2 Å². The summed E-state index contributed by atoms with van der Waals surface area (Å²) in [5, 5.41) is 20.9. The van der Waals surface area contributed by atoms with E-state index in [1.165, 1.54) is 11.8 Å². The van der Waals surface area contributed by atoms with Crippen LogP contribution in [0, 0.1) is 0 Å². The van der Waals surface area contributed by atoms with Crippen molar-refractivity contribution in [2.45, 2.75) is 69.7 Å². The van der Waals surface area contributed by atoms with E-state index in [-0.39, 0.29) is 49.7 Å². The molecule has 13 heteroatoms. The fourth-order valence-corrected chi connectivity index (χ4v) is 4.27. The Hall–Kier alpha value is -4.26. The lowest BCUT2D eigenvalue weighted by atomic mass is 10.0. The van der Waals surface area contributed by atoms with Crippen LogP contribution in [-0.4, -0.2) is 83.4 Å². The van der Waals surface area contributed by atoms with Crippen molar-refractivity contribution in [3.8, 4) is 0 Å². The van der Waals surface area contributed by atoms with Crippen molar-refractivity contribution in [3.05, 3.63) is 53.7 Å². The smallest absolute Gasteiger partial charge is 0.273 e. The molecular weight excluding hydrogens is 532 g/mol. The zero-order chi connectivity index (χ0) is 29.9. The summed E-state index contributed by atoms with van der Waals surface area (Å²) in [6.45, 7) is 1.62. The maximum absolute atomic E-state index is 13.5. The monoisotopic (exact) mass is 570 g/mol. The number of nitrogens with zero attached hydrogens (tertiary/aromatic N) is 2. The number of rotatable bonds is 7. The molecule has 222 valence electrons. The minimum absolute atomic E-state index is 0.00143. The minimum Gasteiger partial charge on any atom is -0.446 e. The third-order valence-corrected chi connectivity index (χ3v) is 6.64. The molecule has 1 aromatic heterocycles. The average molecular weight is 571 g/mol. The first-order chi connectivity index (χ1) is 19.5. The normalized spacial score (nSPS) is 21.2. The molecule has 0 spiro atoms. The van der Waals surface area contributed by atoms with Gasteiger partial charge in [0.15, 0.2) is 5.69 Å². The van der Waals surface area contributed by atoms with E-state index >= 15 is 0 Å². The number of benzene rings is 1. The molecule has 0 saturated carbocycles. The summed E-state index contributed by atoms with van der Waals surface area (Å²) in [7, 11) is 3.20. The standard InChI is InChI=1S/C28H38N6O7/c1-17(35)24-27(40)29-14-8-7-11-19(30-22(36)12-13-23(37)34(2)3)25(38)31-20(15-18-9-5-4-6-10-18)28-32-21(16-41-28)26(39)33-24/h4-6,9-10,16-17,19-20,24,35H,7-8,11-15H2,1-3H3,(H,29,40)(H,30,36)(H,31,38)(H,33,39)/t17-,19+,20+,24+/m1/s1. The third kappa shape index (κ3) is 9.41. The van der Waals surface area contributed by atoms with Crippen LogP contribution < -0.4 is 21.3 Å². The van der Waals surface area contributed by atoms with E-state index in [1.54, 1.807) is 14.1 Å². The molecule has 5 amide bonds. The van der Waals surface area contributed by atoms with Gasteiger partial charge in [-0.05, 0) is 31.7 Å². The predicted molar refractivity (Wildman–Crippen MR) is 147 cm³/mol. The number of aromatic nitrogens is 1. The second-order valence-electron chi connectivity index (χ2n) is 10.2. The number of carbonyl (C=O) groups excluding carboxylic acids is 5. The summed E-state index contributed by atoms with van der Waals surface area (Å²) in [4.78, 5) is 69.3. The fourth-order valence-electron chi connectivity index (χ4n) is 4.27. The third-order valence-electron chi connectivity index (χ3n) is 6.64. The molecule has 1 aliphatic heterocycles. The van der Waals surface area contributed by atoms with Gasteiger partial charge in [0.25, 0.3) is 5.91 Å². The molecule has 2 bridgehead atoms. The Morgan fingerprint density at radius 3 is 2.51 bits per heavy atom. The van der Waals surface area contributed by atoms with Gasteiger partial charge in [-0.2, -0.15) is 0 Å². The van der Waals surface area contributed by atoms with Crippen LogP contribution in [-0.2, 0) is 25.6 Å². The van der Waals surface area contributed by atoms with Crippen molar-refractivity contribution in [2.24, 2.45) is 0 Å². The number of hydrogen-bond donors (Lipinski definition) is 5. The minimum atomic E-state index is -1.22. The zero-order valence-corrected chi connectivity index (χ0v) is 23.5. The second kappa shape index (κ2) is 14.9. The van der Waals surface area contributed by atoms with Crippen molar-refractivity contribution in [1.29, 1.82) is 0 Å². The van der Waals surface area contributed by atoms with Crippen molar-refractivity contribution >= 4 is 29.5 Å². The van der Waals surface area contributed by atoms with Crippen LogP contribution in [0.2, 0.25) is 0 Å². The van der Waals surface area contributed by atoms with Gasteiger partial charge in [-0.15, -0.1) is 0 Å². The Labute approximate surface area is 238 Å². The molecule has 0 unspecified atom stereocenters. The maximum atomic E-state index is 13.5. The Balaban J connectivity index is 1.88. The van der Waals surface area contributed by atoms with Crippen molar-refractivity contribution < 1.29 is 33.5 Å². The van der Waals surface area contributed by atoms with E-state index in [1.807, 2.05) is 30.3 Å². The van der Waals surface area contributed by atoms with Gasteiger partial charge in [0.05, 0.1) is 6.10 Å². The molecule has 5 N–H and O–H groups in total. The lowest BCUT2D eigenvalue weighted by Crippen LogP contribution is -2.52. The quantitative estimate of drug-likeness (QED) is 0.313. The number of nitrogens with one attached hydrogen (secondary N) is 4. The first-order valence-corrected chi connectivity index (χ1v) is 13.6. The maximum Gasteiger partial charge on any atom is 0.273 e. The van der Waals surface area contributed by atoms with E-state index in [0.29, 0.717) is 12.8 Å². The summed E-state index contributed by atoms with van der Waals surface area (Å²) in [5.74, 6) is -2.38. The van der Waals surface area contributed by atoms with Crippen molar-refractivity contribution in [3.63, 3.8) is 0 Å². The van der Waals surface area contributed by atoms with Gasteiger partial charge >= 0.3 is 0 Å². The molecule has 3 rings (SSSR count). The number of oxazole rings is 1. The lowest BCUT2D eigenvalue weighted by molar-refractivity contribution is -0.133. The number of fused-ring (bicyclic) bond motifs is 2. The molecule has 1 aliphatic rings. The molecule has 2 aromatic rings. The number of aliphatic hydroxyl groups excluding tert-OH is 1. The molecule has 0 radical (unpaired) electrons. The first kappa shape index (κ1) is 31.3. The van der Waals surface area contributed by atoms with Crippen LogP contribution in [0.1, 0.15) is 67.0 Å². The zero-order valence-electron chi connectivity index (χ0n) is 23.5. The van der Waals surface area contributed by atoms with Crippen LogP contribution in [0.4, 0.5) is 0 Å². The summed E-state index contributed by atoms with van der Waals surface area (Å²) in [6.07, 6.45) is 1.35. The van der Waals surface area contributed by atoms with Crippen molar-refractivity contribution in [2.75, 3.05) is 20.6 Å². The number of hydrogen-bond acceptors (Lipinski definition) is 8. The van der Waals surface area contributed by atoms with Gasteiger partial charge in [0.2, 0.25) is 29.5 Å². The molecule has 0 saturated heterocycles. The lowest BCUT2D eigenvalue weighted by Gasteiger charge is -2.23. The highest BCUT2D eigenvalue weighted by Crippen LogP contribution is 2.20. The van der Waals surface area contributed by atoms with Gasteiger partial charge in [-0.3, -0.25) is 24.0 Å². The van der Waals surface area contributed by atoms with Crippen LogP contribution >= 0.6 is 0 Å². The van der Waals surface area contributed by atoms with E-state index in [9.17, 15) is 29.1 Å². The molecule has 4 atom stereocenters. The van der Waals surface area contributed by atoms with Crippen LogP contribution in [0.15, 0.2) is 41.0 Å². The number of amides is 5. The van der Waals surface area contributed by atoms with E-state index in [0.717, 1.165) is 11.8 Å². The summed E-state index contributed by atoms with van der Waals surface area (Å²) in [6, 6.07) is 6.36. The Kier molecular flexibility index (Phi) is 11.4. The Morgan fingerprint density at radius 2 is 1.83 bits per heavy atom. The summed E-state index contributed by atoms with van der Waals surface area (Å²) in [5.41, 5.74) is 0.735. The average Bonchev–Trinajstić information content (AvgIpc) is 3.43. The SMILES string of the molecule is C[C@@H](O)[C@@H]1NC(=O)c2coc(n2)[C@H](Cc2ccccc2)NC(=O)[C@@H](NC(=O)CCC(=O)N(C)C)CCCCNC1=O.